The number of hydrogen-bond acceptors (Lipinski definition) is 14. The summed E-state index contributed by atoms with van der Waals surface area (Å²) in [4.78, 5) is 132. The van der Waals surface area contributed by atoms with Gasteiger partial charge in [-0.2, -0.15) is 0 Å². The number of ketones is 4. The van der Waals surface area contributed by atoms with Crippen molar-refractivity contribution in [2.24, 2.45) is 5.73 Å². The zero-order chi connectivity index (χ0) is 45.0. The normalized spacial score (nSPS) is 13.6. The molecule has 0 saturated heterocycles. The molecular formula is C41H57N7O11S2. The molecule has 0 aliphatic heterocycles. The second-order valence-corrected chi connectivity index (χ2v) is 17.2. The average Bonchev–Trinajstić information content (AvgIpc) is 3.56. The zero-order valence-corrected chi connectivity index (χ0v) is 36.4. The Labute approximate surface area is 362 Å². The number of carboxylic acids is 1. The van der Waals surface area contributed by atoms with Crippen LogP contribution in [-0.4, -0.2) is 91.3 Å². The molecule has 1 saturated carbocycles. The van der Waals surface area contributed by atoms with E-state index >= 15 is 0 Å². The number of Topliss-reactive ketones (excluding diaryl/α,β-unsaturated/α-hetero) is 4. The molecule has 1 aliphatic rings. The number of rotatable bonds is 32. The summed E-state index contributed by atoms with van der Waals surface area (Å²) in [5.41, 5.74) is 3.47. The van der Waals surface area contributed by atoms with Crippen LogP contribution in [0.1, 0.15) is 172 Å². The minimum Gasteiger partial charge on any atom is -0.476 e. The van der Waals surface area contributed by atoms with Crippen molar-refractivity contribution in [3.63, 3.8) is 0 Å². The van der Waals surface area contributed by atoms with Crippen LogP contribution in [-0.2, 0) is 40.1 Å². The van der Waals surface area contributed by atoms with E-state index in [1.54, 1.807) is 6.92 Å². The Hall–Kier alpha value is -5.24. The van der Waals surface area contributed by atoms with Gasteiger partial charge in [0.25, 0.3) is 11.6 Å². The quantitative estimate of drug-likeness (QED) is 0.0263. The molecule has 2 heterocycles. The van der Waals surface area contributed by atoms with Crippen molar-refractivity contribution >= 4 is 81.3 Å². The van der Waals surface area contributed by atoms with Crippen LogP contribution in [0.3, 0.4) is 0 Å². The molecule has 334 valence electrons. The number of nitrogens with two attached hydrogens (primary N) is 1. The van der Waals surface area contributed by atoms with Crippen LogP contribution in [0.25, 0.3) is 0 Å². The largest absolute Gasteiger partial charge is 0.476 e. The van der Waals surface area contributed by atoms with Gasteiger partial charge >= 0.3 is 5.97 Å². The number of aromatic carboxylic acids is 1. The number of carbonyl (C=O) groups is 10. The fourth-order valence-electron chi connectivity index (χ4n) is 6.33. The van der Waals surface area contributed by atoms with E-state index in [2.05, 4.69) is 38.2 Å². The van der Waals surface area contributed by atoms with E-state index in [0.29, 0.717) is 17.8 Å². The molecule has 7 N–H and O–H groups in total. The third-order valence-corrected chi connectivity index (χ3v) is 11.7. The Morgan fingerprint density at radius 2 is 1.38 bits per heavy atom. The standard InChI is InChI=1S/C41H57N7O11S2/c1-3-4-5-6-7-8-9-10-11-12-13-14-32(52)45-27(20-31(42)51)38(57)44-25(2)15-16-26(49)19-34(54)48-41(17-18-41)30(50)21-33(53)43-22-35-46-28(23-60-35)36(55)37(56)39-47-29(24-61-39)40(58)59/h23-25,27H,3-22H2,1-2H3,(H2,42,51)(H,43,53)(H,44,57)(H,45,52)(H,48,54)(H,58,59)/t25-,27+/m0/s1. The minimum atomic E-state index is -1.34. The summed E-state index contributed by atoms with van der Waals surface area (Å²) < 4.78 is 0. The van der Waals surface area contributed by atoms with Gasteiger partial charge in [-0.3, -0.25) is 43.2 Å². The number of carboxylic acid groups (broad SMARTS) is 1. The van der Waals surface area contributed by atoms with Crippen LogP contribution in [0.5, 0.6) is 0 Å². The Morgan fingerprint density at radius 3 is 1.97 bits per heavy atom. The predicted molar refractivity (Wildman–Crippen MR) is 225 cm³/mol. The Kier molecular flexibility index (Phi) is 21.0. The van der Waals surface area contributed by atoms with E-state index in [4.69, 9.17) is 10.8 Å². The smallest absolute Gasteiger partial charge is 0.355 e. The van der Waals surface area contributed by atoms with Crippen molar-refractivity contribution < 1.29 is 53.1 Å². The first-order valence-electron chi connectivity index (χ1n) is 20.8. The summed E-state index contributed by atoms with van der Waals surface area (Å²) in [7, 11) is 0. The first-order valence-corrected chi connectivity index (χ1v) is 22.5. The Bertz CT molecular complexity index is 1910. The predicted octanol–water partition coefficient (Wildman–Crippen LogP) is 3.89. The molecule has 61 heavy (non-hydrogen) atoms. The van der Waals surface area contributed by atoms with Gasteiger partial charge in [-0.1, -0.05) is 71.1 Å². The Balaban J connectivity index is 1.33. The second kappa shape index (κ2) is 25.5. The molecule has 3 rings (SSSR count). The van der Waals surface area contributed by atoms with Gasteiger partial charge in [0.2, 0.25) is 29.5 Å². The van der Waals surface area contributed by atoms with Crippen LogP contribution in [0.2, 0.25) is 0 Å². The third-order valence-electron chi connectivity index (χ3n) is 10.00. The van der Waals surface area contributed by atoms with Crippen LogP contribution in [0.4, 0.5) is 0 Å². The van der Waals surface area contributed by atoms with E-state index in [-0.39, 0.29) is 66.0 Å². The summed E-state index contributed by atoms with van der Waals surface area (Å²) in [5, 5.41) is 21.7. The molecule has 0 unspecified atom stereocenters. The van der Waals surface area contributed by atoms with Gasteiger partial charge in [0.1, 0.15) is 22.5 Å². The third kappa shape index (κ3) is 18.1. The highest BCUT2D eigenvalue weighted by Crippen LogP contribution is 2.37. The molecule has 0 aromatic carbocycles. The lowest BCUT2D eigenvalue weighted by atomic mass is 10.0. The fraction of sp³-hybridized carbons (Fsp3) is 0.610. The summed E-state index contributed by atoms with van der Waals surface area (Å²) in [6.07, 6.45) is 11.8. The molecule has 0 radical (unpaired) electrons. The summed E-state index contributed by atoms with van der Waals surface area (Å²) >= 11 is 1.69. The molecular weight excluding hydrogens is 831 g/mol. The van der Waals surface area contributed by atoms with Crippen LogP contribution >= 0.6 is 22.7 Å². The summed E-state index contributed by atoms with van der Waals surface area (Å²) in [6, 6.07) is -1.72. The van der Waals surface area contributed by atoms with E-state index in [1.807, 2.05) is 0 Å². The molecule has 2 aromatic rings. The highest BCUT2D eigenvalue weighted by molar-refractivity contribution is 7.13. The number of hydrogen-bond donors (Lipinski definition) is 6. The molecule has 2 atom stereocenters. The molecule has 5 amide bonds. The number of unbranched alkanes of at least 4 members (excludes halogenated alkanes) is 10. The van der Waals surface area contributed by atoms with Gasteiger partial charge < -0.3 is 32.1 Å². The SMILES string of the molecule is CCCCCCCCCCCCCC(=O)N[C@H](CC(N)=O)C(=O)N[C@@H](C)CCC(=O)CC(=O)NC1(C(=O)CC(=O)NCc2nc(C(=O)C(=O)c3nc(C(=O)O)cs3)cs2)CC1. The van der Waals surface area contributed by atoms with E-state index in [1.165, 1.54) is 50.3 Å². The number of amides is 5. The van der Waals surface area contributed by atoms with Gasteiger partial charge in [0, 0.05) is 29.6 Å². The monoisotopic (exact) mass is 887 g/mol. The van der Waals surface area contributed by atoms with Gasteiger partial charge in [-0.15, -0.1) is 22.7 Å². The van der Waals surface area contributed by atoms with Gasteiger partial charge in [-0.05, 0) is 32.6 Å². The molecule has 1 fully saturated rings. The number of nitrogens with zero attached hydrogens (tertiary/aromatic N) is 2. The van der Waals surface area contributed by atoms with Crippen LogP contribution in [0, 0.1) is 0 Å². The minimum absolute atomic E-state index is 0.0846. The molecule has 18 nitrogen and oxygen atoms in total. The van der Waals surface area contributed by atoms with Gasteiger partial charge in [-0.25, -0.2) is 14.8 Å². The van der Waals surface area contributed by atoms with Crippen molar-refractivity contribution in [2.45, 2.75) is 160 Å². The maximum atomic E-state index is 13.0. The number of thiazole rings is 2. The first kappa shape index (κ1) is 50.1. The molecule has 0 spiro atoms. The van der Waals surface area contributed by atoms with Crippen LogP contribution < -0.4 is 27.0 Å². The number of carbonyl (C=O) groups excluding carboxylic acids is 9. The lowest BCUT2D eigenvalue weighted by Gasteiger charge is -2.20. The topological polar surface area (TPSA) is 291 Å². The van der Waals surface area contributed by atoms with Crippen molar-refractivity contribution in [1.82, 2.24) is 31.2 Å². The number of nitrogens with one attached hydrogen (secondary N) is 4. The van der Waals surface area contributed by atoms with E-state index in [9.17, 15) is 47.9 Å². The molecule has 2 aromatic heterocycles. The lowest BCUT2D eigenvalue weighted by molar-refractivity contribution is -0.135. The summed E-state index contributed by atoms with van der Waals surface area (Å²) in [6.45, 7) is 3.68. The molecule has 20 heteroatoms. The van der Waals surface area contributed by atoms with Gasteiger partial charge in [0.15, 0.2) is 16.5 Å². The number of primary amides is 1. The maximum absolute atomic E-state index is 13.0. The zero-order valence-electron chi connectivity index (χ0n) is 34.8. The first-order chi connectivity index (χ1) is 29.0. The van der Waals surface area contributed by atoms with E-state index in [0.717, 1.165) is 36.0 Å². The average molecular weight is 888 g/mol. The maximum Gasteiger partial charge on any atom is 0.355 e. The van der Waals surface area contributed by atoms with Gasteiger partial charge in [0.05, 0.1) is 31.3 Å². The molecule has 1 aliphatic carbocycles. The van der Waals surface area contributed by atoms with Crippen molar-refractivity contribution in [3.8, 4) is 0 Å². The van der Waals surface area contributed by atoms with Crippen molar-refractivity contribution in [1.29, 1.82) is 0 Å². The van der Waals surface area contributed by atoms with Crippen molar-refractivity contribution in [3.05, 3.63) is 32.2 Å². The fourth-order valence-corrected chi connectivity index (χ4v) is 7.78. The van der Waals surface area contributed by atoms with Crippen LogP contribution in [0.15, 0.2) is 10.8 Å². The Morgan fingerprint density at radius 1 is 0.754 bits per heavy atom. The van der Waals surface area contributed by atoms with E-state index < -0.39 is 89.6 Å². The van der Waals surface area contributed by atoms with Crippen molar-refractivity contribution in [2.75, 3.05) is 0 Å². The second-order valence-electron chi connectivity index (χ2n) is 15.4. The summed E-state index contributed by atoms with van der Waals surface area (Å²) in [5.74, 6) is -7.49. The lowest BCUT2D eigenvalue weighted by Crippen LogP contribution is -2.50. The number of aromatic nitrogens is 2. The highest BCUT2D eigenvalue weighted by atomic mass is 32.1. The molecule has 0 bridgehead atoms. The highest BCUT2D eigenvalue weighted by Gasteiger charge is 2.51.